The first-order valence-electron chi connectivity index (χ1n) is 10.9. The Kier molecular flexibility index (Phi) is 5.41. The number of H-pyrrole nitrogens is 1. The summed E-state index contributed by atoms with van der Waals surface area (Å²) in [5.74, 6) is 0.774. The maximum absolute atomic E-state index is 11.6. The Morgan fingerprint density at radius 2 is 1.94 bits per heavy atom. The summed E-state index contributed by atoms with van der Waals surface area (Å²) in [5, 5.41) is 2.77. The fourth-order valence-electron chi connectivity index (χ4n) is 4.44. The third-order valence-electron chi connectivity index (χ3n) is 5.88. The quantitative estimate of drug-likeness (QED) is 0.486. The number of aromatic amines is 1. The zero-order chi connectivity index (χ0) is 22.1. The first kappa shape index (κ1) is 20.3. The van der Waals surface area contributed by atoms with E-state index in [9.17, 15) is 4.79 Å². The Morgan fingerprint density at radius 3 is 2.72 bits per heavy atom. The van der Waals surface area contributed by atoms with Crippen molar-refractivity contribution in [1.29, 1.82) is 0 Å². The molecule has 0 saturated carbocycles. The molecule has 4 aromatic rings. The van der Waals surface area contributed by atoms with Crippen LogP contribution in [-0.4, -0.2) is 39.1 Å². The van der Waals surface area contributed by atoms with E-state index < -0.39 is 0 Å². The average molecular weight is 428 g/mol. The molecule has 1 amide bonds. The lowest BCUT2D eigenvalue weighted by molar-refractivity contribution is -0.114. The molecule has 1 fully saturated rings. The van der Waals surface area contributed by atoms with Gasteiger partial charge in [0.05, 0.1) is 28.0 Å². The molecular formula is C25H25N5O2. The predicted molar refractivity (Wildman–Crippen MR) is 124 cm³/mol. The Bertz CT molecular complexity index is 1290. The van der Waals surface area contributed by atoms with Gasteiger partial charge in [-0.25, -0.2) is 4.98 Å². The van der Waals surface area contributed by atoms with Crippen LogP contribution in [0.5, 0.6) is 0 Å². The van der Waals surface area contributed by atoms with Gasteiger partial charge in [0.25, 0.3) is 0 Å². The van der Waals surface area contributed by atoms with Crippen LogP contribution >= 0.6 is 0 Å². The third kappa shape index (κ3) is 3.87. The number of amides is 1. The van der Waals surface area contributed by atoms with E-state index in [2.05, 4.69) is 21.4 Å². The van der Waals surface area contributed by atoms with E-state index in [4.69, 9.17) is 14.7 Å². The molecule has 2 N–H and O–H groups in total. The fourth-order valence-corrected chi connectivity index (χ4v) is 4.44. The van der Waals surface area contributed by atoms with Crippen LogP contribution in [0.4, 0.5) is 5.82 Å². The molecule has 7 heteroatoms. The monoisotopic (exact) mass is 427 g/mol. The lowest BCUT2D eigenvalue weighted by Gasteiger charge is -2.22. The van der Waals surface area contributed by atoms with Gasteiger partial charge in [-0.1, -0.05) is 6.07 Å². The van der Waals surface area contributed by atoms with Crippen LogP contribution in [0.3, 0.4) is 0 Å². The smallest absolute Gasteiger partial charge is 0.222 e. The number of pyridine rings is 3. The molecule has 5 heterocycles. The highest BCUT2D eigenvalue weighted by Gasteiger charge is 2.24. The van der Waals surface area contributed by atoms with Crippen LogP contribution in [0, 0.1) is 6.92 Å². The number of aryl methyl sites for hydroxylation is 1. The highest BCUT2D eigenvalue weighted by atomic mass is 16.5. The second-order valence-corrected chi connectivity index (χ2v) is 8.16. The number of anilines is 1. The minimum absolute atomic E-state index is 0.157. The second-order valence-electron chi connectivity index (χ2n) is 8.16. The number of hydrogen-bond acceptors (Lipinski definition) is 5. The lowest BCUT2D eigenvalue weighted by atomic mass is 9.91. The van der Waals surface area contributed by atoms with Gasteiger partial charge in [0.1, 0.15) is 5.82 Å². The van der Waals surface area contributed by atoms with Gasteiger partial charge in [-0.05, 0) is 61.6 Å². The SMILES string of the molecule is CC(=O)Nc1cc(-c2[nH]c3c(C4CCOCC4)ccnc3c2-c2cccc(C)n2)ccn1. The van der Waals surface area contributed by atoms with Crippen molar-refractivity contribution in [3.8, 4) is 22.5 Å². The number of rotatable bonds is 4. The number of aromatic nitrogens is 4. The van der Waals surface area contributed by atoms with Crippen molar-refractivity contribution in [3.63, 3.8) is 0 Å². The van der Waals surface area contributed by atoms with Crippen molar-refractivity contribution in [1.82, 2.24) is 19.9 Å². The topological polar surface area (TPSA) is 92.8 Å². The van der Waals surface area contributed by atoms with E-state index in [-0.39, 0.29) is 5.91 Å². The van der Waals surface area contributed by atoms with Gasteiger partial charge in [0, 0.05) is 43.8 Å². The average Bonchev–Trinajstić information content (AvgIpc) is 3.19. The fraction of sp³-hybridized carbons (Fsp3) is 0.280. The first-order valence-corrected chi connectivity index (χ1v) is 10.9. The summed E-state index contributed by atoms with van der Waals surface area (Å²) in [6, 6.07) is 11.9. The summed E-state index contributed by atoms with van der Waals surface area (Å²) in [4.78, 5) is 29.1. The molecule has 5 rings (SSSR count). The van der Waals surface area contributed by atoms with Crippen LogP contribution in [0.2, 0.25) is 0 Å². The molecular weight excluding hydrogens is 402 g/mol. The highest BCUT2D eigenvalue weighted by Crippen LogP contribution is 2.40. The van der Waals surface area contributed by atoms with E-state index in [1.807, 2.05) is 43.5 Å². The first-order chi connectivity index (χ1) is 15.6. The molecule has 32 heavy (non-hydrogen) atoms. The number of carbonyl (C=O) groups is 1. The summed E-state index contributed by atoms with van der Waals surface area (Å²) in [7, 11) is 0. The van der Waals surface area contributed by atoms with Gasteiger partial charge in [-0.2, -0.15) is 0 Å². The summed E-state index contributed by atoms with van der Waals surface area (Å²) in [6.45, 7) is 5.02. The van der Waals surface area contributed by atoms with E-state index in [1.54, 1.807) is 6.20 Å². The molecule has 0 spiro atoms. The molecule has 1 aliphatic heterocycles. The van der Waals surface area contributed by atoms with E-state index in [0.717, 1.165) is 65.3 Å². The molecule has 0 unspecified atom stereocenters. The summed E-state index contributed by atoms with van der Waals surface area (Å²) >= 11 is 0. The van der Waals surface area contributed by atoms with E-state index in [0.29, 0.717) is 11.7 Å². The maximum atomic E-state index is 11.6. The lowest BCUT2D eigenvalue weighted by Crippen LogP contribution is -2.14. The highest BCUT2D eigenvalue weighted by molar-refractivity contribution is 6.02. The van der Waals surface area contributed by atoms with E-state index >= 15 is 0 Å². The summed E-state index contributed by atoms with van der Waals surface area (Å²) in [5.41, 5.74) is 7.78. The normalized spacial score (nSPS) is 14.6. The molecule has 1 aliphatic rings. The minimum atomic E-state index is -0.157. The molecule has 7 nitrogen and oxygen atoms in total. The predicted octanol–water partition coefficient (Wildman–Crippen LogP) is 4.85. The number of nitrogens with one attached hydrogen (secondary N) is 2. The van der Waals surface area contributed by atoms with Crippen molar-refractivity contribution in [3.05, 3.63) is 60.0 Å². The zero-order valence-electron chi connectivity index (χ0n) is 18.2. The number of ether oxygens (including phenoxy) is 1. The molecule has 4 aromatic heterocycles. The van der Waals surface area contributed by atoms with Crippen molar-refractivity contribution >= 4 is 22.8 Å². The van der Waals surface area contributed by atoms with Crippen LogP contribution in [0.15, 0.2) is 48.8 Å². The van der Waals surface area contributed by atoms with Gasteiger partial charge in [0.2, 0.25) is 5.91 Å². The summed E-state index contributed by atoms with van der Waals surface area (Å²) in [6.07, 6.45) is 5.58. The molecule has 0 atom stereocenters. The number of fused-ring (bicyclic) bond motifs is 1. The summed E-state index contributed by atoms with van der Waals surface area (Å²) < 4.78 is 5.58. The molecule has 1 saturated heterocycles. The van der Waals surface area contributed by atoms with E-state index in [1.165, 1.54) is 12.5 Å². The molecule has 162 valence electrons. The van der Waals surface area contributed by atoms with Crippen LogP contribution in [-0.2, 0) is 9.53 Å². The Balaban J connectivity index is 1.74. The van der Waals surface area contributed by atoms with Gasteiger partial charge in [-0.3, -0.25) is 14.8 Å². The number of nitrogens with zero attached hydrogens (tertiary/aromatic N) is 3. The van der Waals surface area contributed by atoms with Crippen LogP contribution < -0.4 is 5.32 Å². The Morgan fingerprint density at radius 1 is 1.12 bits per heavy atom. The van der Waals surface area contributed by atoms with Gasteiger partial charge >= 0.3 is 0 Å². The number of carbonyl (C=O) groups excluding carboxylic acids is 1. The minimum Gasteiger partial charge on any atom is -0.381 e. The third-order valence-corrected chi connectivity index (χ3v) is 5.88. The standard InChI is InChI=1S/C25H25N5O2/c1-15-4-3-5-20(28-15)22-23(18-6-10-26-21(14-18)29-16(2)31)30-24-19(7-11-27-25(22)24)17-8-12-32-13-9-17/h3-7,10-11,14,17,30H,8-9,12-13H2,1-2H3,(H,26,29,31). The van der Waals surface area contributed by atoms with Crippen molar-refractivity contribution in [2.75, 3.05) is 18.5 Å². The van der Waals surface area contributed by atoms with Crippen LogP contribution in [0.25, 0.3) is 33.5 Å². The molecule has 0 bridgehead atoms. The number of hydrogen-bond donors (Lipinski definition) is 2. The molecule has 0 aromatic carbocycles. The van der Waals surface area contributed by atoms with Crippen molar-refractivity contribution in [2.24, 2.45) is 0 Å². The zero-order valence-corrected chi connectivity index (χ0v) is 18.2. The van der Waals surface area contributed by atoms with Gasteiger partial charge < -0.3 is 15.0 Å². The molecule has 0 aliphatic carbocycles. The second kappa shape index (κ2) is 8.51. The molecule has 0 radical (unpaired) electrons. The maximum Gasteiger partial charge on any atom is 0.222 e. The largest absolute Gasteiger partial charge is 0.381 e. The van der Waals surface area contributed by atoms with Gasteiger partial charge in [-0.15, -0.1) is 0 Å². The van der Waals surface area contributed by atoms with Crippen LogP contribution in [0.1, 0.15) is 36.9 Å². The Hall–Kier alpha value is -3.58. The van der Waals surface area contributed by atoms with Crippen molar-refractivity contribution < 1.29 is 9.53 Å². The van der Waals surface area contributed by atoms with Gasteiger partial charge in [0.15, 0.2) is 0 Å². The van der Waals surface area contributed by atoms with Crippen molar-refractivity contribution in [2.45, 2.75) is 32.6 Å². The Labute approximate surface area is 186 Å².